The molecule has 3 heteroatoms. The number of rotatable bonds is 7. The Balaban J connectivity index is 2.02. The van der Waals surface area contributed by atoms with Crippen LogP contribution in [0.5, 0.6) is 0 Å². The normalized spacial score (nSPS) is 10.8. The molecule has 0 bridgehead atoms. The van der Waals surface area contributed by atoms with Gasteiger partial charge in [0, 0.05) is 24.2 Å². The van der Waals surface area contributed by atoms with E-state index in [4.69, 9.17) is 11.6 Å². The summed E-state index contributed by atoms with van der Waals surface area (Å²) in [6, 6.07) is 8.75. The van der Waals surface area contributed by atoms with Crippen molar-refractivity contribution in [3.63, 3.8) is 0 Å². The number of alkyl halides is 1. The fourth-order valence-corrected chi connectivity index (χ4v) is 2.22. The molecule has 0 spiro atoms. The highest BCUT2D eigenvalue weighted by molar-refractivity contribution is 6.17. The van der Waals surface area contributed by atoms with Gasteiger partial charge in [0.15, 0.2) is 0 Å². The number of halogens is 1. The molecule has 0 N–H and O–H groups in total. The Morgan fingerprint density at radius 2 is 1.95 bits per heavy atom. The van der Waals surface area contributed by atoms with E-state index in [1.165, 1.54) is 30.4 Å². The van der Waals surface area contributed by atoms with E-state index in [1.807, 2.05) is 6.33 Å². The highest BCUT2D eigenvalue weighted by Crippen LogP contribution is 2.18. The van der Waals surface area contributed by atoms with Gasteiger partial charge in [0.05, 0.1) is 12.0 Å². The zero-order valence-electron chi connectivity index (χ0n) is 11.5. The number of aryl methyl sites for hydroxylation is 2. The third-order valence-corrected chi connectivity index (χ3v) is 3.52. The van der Waals surface area contributed by atoms with Crippen molar-refractivity contribution in [3.05, 3.63) is 42.4 Å². The Morgan fingerprint density at radius 3 is 2.63 bits per heavy atom. The second-order valence-electron chi connectivity index (χ2n) is 4.84. The van der Waals surface area contributed by atoms with Crippen LogP contribution in [0.15, 0.2) is 36.8 Å². The molecule has 0 aliphatic carbocycles. The number of unbranched alkanes of at least 4 members (excludes halogenated alkanes) is 1. The van der Waals surface area contributed by atoms with Gasteiger partial charge in [-0.25, -0.2) is 4.98 Å². The van der Waals surface area contributed by atoms with Crippen molar-refractivity contribution >= 4 is 11.6 Å². The van der Waals surface area contributed by atoms with Gasteiger partial charge in [-0.05, 0) is 24.8 Å². The van der Waals surface area contributed by atoms with Crippen LogP contribution >= 0.6 is 11.6 Å². The number of nitrogens with zero attached hydrogens (tertiary/aromatic N) is 2. The average molecular weight is 277 g/mol. The van der Waals surface area contributed by atoms with Gasteiger partial charge in [0.1, 0.15) is 0 Å². The summed E-state index contributed by atoms with van der Waals surface area (Å²) in [5.41, 5.74) is 3.63. The topological polar surface area (TPSA) is 17.8 Å². The van der Waals surface area contributed by atoms with Gasteiger partial charge in [0.2, 0.25) is 0 Å². The van der Waals surface area contributed by atoms with Gasteiger partial charge in [-0.2, -0.15) is 0 Å². The molecule has 1 aromatic carbocycles. The largest absolute Gasteiger partial charge is 0.337 e. The summed E-state index contributed by atoms with van der Waals surface area (Å²) in [5.74, 6) is 0.694. The Bertz CT molecular complexity index is 488. The van der Waals surface area contributed by atoms with E-state index in [0.29, 0.717) is 5.88 Å². The Labute approximate surface area is 120 Å². The van der Waals surface area contributed by atoms with Crippen LogP contribution in [-0.4, -0.2) is 15.4 Å². The fourth-order valence-electron chi connectivity index (χ4n) is 2.10. The monoisotopic (exact) mass is 276 g/mol. The van der Waals surface area contributed by atoms with Crippen LogP contribution in [0, 0.1) is 0 Å². The van der Waals surface area contributed by atoms with Crippen molar-refractivity contribution in [1.29, 1.82) is 0 Å². The molecule has 0 aliphatic rings. The minimum Gasteiger partial charge on any atom is -0.337 e. The molecule has 2 aromatic rings. The van der Waals surface area contributed by atoms with E-state index in [0.717, 1.165) is 18.7 Å². The van der Waals surface area contributed by atoms with Crippen molar-refractivity contribution in [2.75, 3.05) is 5.88 Å². The maximum atomic E-state index is 5.70. The van der Waals surface area contributed by atoms with Gasteiger partial charge in [-0.1, -0.05) is 37.6 Å². The van der Waals surface area contributed by atoms with Gasteiger partial charge < -0.3 is 4.57 Å². The molecular formula is C16H21ClN2. The first-order valence-corrected chi connectivity index (χ1v) is 7.54. The average Bonchev–Trinajstić information content (AvgIpc) is 2.92. The molecule has 0 radical (unpaired) electrons. The number of aromatic nitrogens is 2. The molecule has 0 amide bonds. The van der Waals surface area contributed by atoms with Gasteiger partial charge in [0.25, 0.3) is 0 Å². The van der Waals surface area contributed by atoms with Crippen molar-refractivity contribution in [2.45, 2.75) is 39.2 Å². The number of imidazole rings is 1. The predicted octanol–water partition coefficient (Wildman–Crippen LogP) is 4.52. The lowest BCUT2D eigenvalue weighted by Crippen LogP contribution is -1.94. The summed E-state index contributed by atoms with van der Waals surface area (Å²) in [6.45, 7) is 3.16. The van der Waals surface area contributed by atoms with Crippen LogP contribution in [0.3, 0.4) is 0 Å². The molecule has 0 saturated carbocycles. The summed E-state index contributed by atoms with van der Waals surface area (Å²) < 4.78 is 2.10. The maximum absolute atomic E-state index is 5.70. The molecule has 0 atom stereocenters. The number of hydrogen-bond donors (Lipinski definition) is 0. The molecule has 1 heterocycles. The maximum Gasteiger partial charge on any atom is 0.0953 e. The molecule has 0 fully saturated rings. The van der Waals surface area contributed by atoms with E-state index in [9.17, 15) is 0 Å². The third kappa shape index (κ3) is 4.10. The molecule has 0 aliphatic heterocycles. The first kappa shape index (κ1) is 14.1. The smallest absolute Gasteiger partial charge is 0.0953 e. The molecule has 2 rings (SSSR count). The molecule has 19 heavy (non-hydrogen) atoms. The zero-order chi connectivity index (χ0) is 13.5. The first-order chi connectivity index (χ1) is 9.33. The standard InChI is InChI=1S/C16H21ClN2/c1-2-3-5-14-6-8-15(9-7-14)16-12-19(13-18-16)11-4-10-17/h6-9,12-13H,2-5,10-11H2,1H3. The van der Waals surface area contributed by atoms with Crippen LogP contribution in [-0.2, 0) is 13.0 Å². The predicted molar refractivity (Wildman–Crippen MR) is 81.6 cm³/mol. The van der Waals surface area contributed by atoms with Crippen molar-refractivity contribution < 1.29 is 0 Å². The zero-order valence-corrected chi connectivity index (χ0v) is 12.2. The highest BCUT2D eigenvalue weighted by atomic mass is 35.5. The quantitative estimate of drug-likeness (QED) is 0.680. The van der Waals surface area contributed by atoms with E-state index >= 15 is 0 Å². The van der Waals surface area contributed by atoms with Crippen LogP contribution in [0.25, 0.3) is 11.3 Å². The van der Waals surface area contributed by atoms with Gasteiger partial charge in [-0.3, -0.25) is 0 Å². The van der Waals surface area contributed by atoms with Crippen molar-refractivity contribution in [2.24, 2.45) is 0 Å². The Kier molecular flexibility index (Phi) is 5.46. The molecule has 2 nitrogen and oxygen atoms in total. The minimum atomic E-state index is 0.694. The molecule has 0 unspecified atom stereocenters. The van der Waals surface area contributed by atoms with Crippen LogP contribution in [0.1, 0.15) is 31.7 Å². The first-order valence-electron chi connectivity index (χ1n) is 7.00. The van der Waals surface area contributed by atoms with E-state index in [1.54, 1.807) is 0 Å². The SMILES string of the molecule is CCCCc1ccc(-c2cn(CCCCl)cn2)cc1. The highest BCUT2D eigenvalue weighted by Gasteiger charge is 2.02. The van der Waals surface area contributed by atoms with E-state index < -0.39 is 0 Å². The lowest BCUT2D eigenvalue weighted by molar-refractivity contribution is 0.682. The summed E-state index contributed by atoms with van der Waals surface area (Å²) in [5, 5.41) is 0. The summed E-state index contributed by atoms with van der Waals surface area (Å²) >= 11 is 5.70. The summed E-state index contributed by atoms with van der Waals surface area (Å²) in [7, 11) is 0. The van der Waals surface area contributed by atoms with Crippen molar-refractivity contribution in [1.82, 2.24) is 9.55 Å². The van der Waals surface area contributed by atoms with Crippen LogP contribution in [0.2, 0.25) is 0 Å². The molecule has 102 valence electrons. The van der Waals surface area contributed by atoms with Gasteiger partial charge >= 0.3 is 0 Å². The minimum absolute atomic E-state index is 0.694. The Morgan fingerprint density at radius 1 is 1.16 bits per heavy atom. The fraction of sp³-hybridized carbons (Fsp3) is 0.438. The van der Waals surface area contributed by atoms with E-state index in [2.05, 4.69) is 46.9 Å². The molecule has 1 aromatic heterocycles. The second-order valence-corrected chi connectivity index (χ2v) is 5.22. The lowest BCUT2D eigenvalue weighted by atomic mass is 10.1. The number of benzene rings is 1. The Hall–Kier alpha value is -1.28. The summed E-state index contributed by atoms with van der Waals surface area (Å²) in [4.78, 5) is 4.45. The van der Waals surface area contributed by atoms with Crippen LogP contribution < -0.4 is 0 Å². The third-order valence-electron chi connectivity index (χ3n) is 3.25. The summed E-state index contributed by atoms with van der Waals surface area (Å²) in [6.07, 6.45) is 8.62. The van der Waals surface area contributed by atoms with Crippen LogP contribution in [0.4, 0.5) is 0 Å². The van der Waals surface area contributed by atoms with Gasteiger partial charge in [-0.15, -0.1) is 11.6 Å². The molecular weight excluding hydrogens is 256 g/mol. The second kappa shape index (κ2) is 7.34. The van der Waals surface area contributed by atoms with Crippen molar-refractivity contribution in [3.8, 4) is 11.3 Å². The van der Waals surface area contributed by atoms with E-state index in [-0.39, 0.29) is 0 Å². The lowest BCUT2D eigenvalue weighted by Gasteiger charge is -2.02. The molecule has 0 saturated heterocycles. The number of hydrogen-bond acceptors (Lipinski definition) is 1.